The van der Waals surface area contributed by atoms with Gasteiger partial charge in [0.15, 0.2) is 0 Å². The molecule has 1 heterocycles. The van der Waals surface area contributed by atoms with Crippen molar-refractivity contribution in [2.45, 2.75) is 64.3 Å². The van der Waals surface area contributed by atoms with E-state index in [0.717, 1.165) is 23.1 Å². The SMILES string of the molecule is CCCCCCCCCC(N)c1cnc2ccccc2n1. The fourth-order valence-corrected chi connectivity index (χ4v) is 2.62. The second-order valence-electron chi connectivity index (χ2n) is 5.80. The minimum Gasteiger partial charge on any atom is -0.323 e. The van der Waals surface area contributed by atoms with Crippen molar-refractivity contribution in [2.24, 2.45) is 5.73 Å². The predicted octanol–water partition coefficient (Wildman–Crippen LogP) is 4.77. The van der Waals surface area contributed by atoms with Crippen molar-refractivity contribution < 1.29 is 0 Å². The average Bonchev–Trinajstić information content (AvgIpc) is 2.53. The summed E-state index contributed by atoms with van der Waals surface area (Å²) in [5.74, 6) is 0. The van der Waals surface area contributed by atoms with E-state index in [9.17, 15) is 0 Å². The smallest absolute Gasteiger partial charge is 0.0890 e. The Hall–Kier alpha value is -1.48. The van der Waals surface area contributed by atoms with Crippen molar-refractivity contribution in [3.63, 3.8) is 0 Å². The molecule has 0 radical (unpaired) electrons. The summed E-state index contributed by atoms with van der Waals surface area (Å²) in [6, 6.07) is 7.95. The van der Waals surface area contributed by atoms with Crippen LogP contribution < -0.4 is 5.73 Å². The van der Waals surface area contributed by atoms with Gasteiger partial charge in [-0.1, -0.05) is 64.0 Å². The van der Waals surface area contributed by atoms with Gasteiger partial charge in [-0.15, -0.1) is 0 Å². The maximum Gasteiger partial charge on any atom is 0.0890 e. The molecule has 0 bridgehead atoms. The van der Waals surface area contributed by atoms with E-state index in [4.69, 9.17) is 5.73 Å². The summed E-state index contributed by atoms with van der Waals surface area (Å²) in [5, 5.41) is 0. The molecule has 0 saturated heterocycles. The lowest BCUT2D eigenvalue weighted by Gasteiger charge is -2.11. The maximum atomic E-state index is 6.25. The molecule has 2 N–H and O–H groups in total. The second kappa shape index (κ2) is 8.73. The molecule has 1 atom stereocenters. The highest BCUT2D eigenvalue weighted by atomic mass is 14.8. The summed E-state index contributed by atoms with van der Waals surface area (Å²) in [6.07, 6.45) is 12.0. The van der Waals surface area contributed by atoms with Crippen molar-refractivity contribution in [2.75, 3.05) is 0 Å². The summed E-state index contributed by atoms with van der Waals surface area (Å²) in [7, 11) is 0. The van der Waals surface area contributed by atoms with E-state index in [2.05, 4.69) is 16.9 Å². The molecule has 114 valence electrons. The first-order valence-corrected chi connectivity index (χ1v) is 8.28. The molecule has 1 aromatic heterocycles. The summed E-state index contributed by atoms with van der Waals surface area (Å²) in [5.41, 5.74) is 9.03. The third-order valence-corrected chi connectivity index (χ3v) is 3.97. The lowest BCUT2D eigenvalue weighted by molar-refractivity contribution is 0.535. The number of fused-ring (bicyclic) bond motifs is 1. The first kappa shape index (κ1) is 15.9. The zero-order chi connectivity index (χ0) is 14.9. The highest BCUT2D eigenvalue weighted by molar-refractivity contribution is 5.73. The Labute approximate surface area is 128 Å². The summed E-state index contributed by atoms with van der Waals surface area (Å²) in [6.45, 7) is 2.25. The zero-order valence-corrected chi connectivity index (χ0v) is 13.1. The van der Waals surface area contributed by atoms with Gasteiger partial charge in [-0.2, -0.15) is 0 Å². The number of unbranched alkanes of at least 4 members (excludes halogenated alkanes) is 6. The van der Waals surface area contributed by atoms with Gasteiger partial charge >= 0.3 is 0 Å². The average molecular weight is 285 g/mol. The molecule has 0 aliphatic rings. The van der Waals surface area contributed by atoms with Crippen LogP contribution in [0.5, 0.6) is 0 Å². The molecule has 2 aromatic rings. The van der Waals surface area contributed by atoms with E-state index in [-0.39, 0.29) is 6.04 Å². The molecule has 3 nitrogen and oxygen atoms in total. The van der Waals surface area contributed by atoms with Crippen LogP contribution in [0.4, 0.5) is 0 Å². The molecule has 0 aliphatic heterocycles. The highest BCUT2D eigenvalue weighted by Gasteiger charge is 2.08. The van der Waals surface area contributed by atoms with Crippen molar-refractivity contribution in [3.8, 4) is 0 Å². The fraction of sp³-hybridized carbons (Fsp3) is 0.556. The fourth-order valence-electron chi connectivity index (χ4n) is 2.62. The van der Waals surface area contributed by atoms with E-state index in [0.29, 0.717) is 0 Å². The molecule has 2 rings (SSSR count). The normalized spacial score (nSPS) is 12.7. The van der Waals surface area contributed by atoms with Gasteiger partial charge in [0.25, 0.3) is 0 Å². The number of nitrogens with zero attached hydrogens (tertiary/aromatic N) is 2. The van der Waals surface area contributed by atoms with Crippen LogP contribution in [-0.4, -0.2) is 9.97 Å². The third-order valence-electron chi connectivity index (χ3n) is 3.97. The van der Waals surface area contributed by atoms with Gasteiger partial charge in [-0.05, 0) is 18.6 Å². The largest absolute Gasteiger partial charge is 0.323 e. The van der Waals surface area contributed by atoms with Gasteiger partial charge in [-0.25, -0.2) is 4.98 Å². The number of nitrogens with two attached hydrogens (primary N) is 1. The maximum absolute atomic E-state index is 6.25. The van der Waals surface area contributed by atoms with E-state index in [1.165, 1.54) is 44.9 Å². The molecule has 3 heteroatoms. The van der Waals surface area contributed by atoms with Gasteiger partial charge in [0, 0.05) is 6.04 Å². The molecule has 21 heavy (non-hydrogen) atoms. The molecule has 0 fully saturated rings. The van der Waals surface area contributed by atoms with Gasteiger partial charge in [0.05, 0.1) is 22.9 Å². The van der Waals surface area contributed by atoms with Gasteiger partial charge < -0.3 is 5.73 Å². The number of para-hydroxylation sites is 2. The number of aromatic nitrogens is 2. The zero-order valence-electron chi connectivity index (χ0n) is 13.1. The van der Waals surface area contributed by atoms with Gasteiger partial charge in [0.2, 0.25) is 0 Å². The highest BCUT2D eigenvalue weighted by Crippen LogP contribution is 2.18. The lowest BCUT2D eigenvalue weighted by Crippen LogP contribution is -2.12. The number of benzene rings is 1. The quantitative estimate of drug-likeness (QED) is 0.675. The van der Waals surface area contributed by atoms with Crippen LogP contribution in [0.2, 0.25) is 0 Å². The summed E-state index contributed by atoms with van der Waals surface area (Å²) < 4.78 is 0. The summed E-state index contributed by atoms with van der Waals surface area (Å²) in [4.78, 5) is 9.06. The molecule has 0 spiro atoms. The monoisotopic (exact) mass is 285 g/mol. The Balaban J connectivity index is 1.75. The number of hydrogen-bond donors (Lipinski definition) is 1. The van der Waals surface area contributed by atoms with Gasteiger partial charge in [-0.3, -0.25) is 4.98 Å². The topological polar surface area (TPSA) is 51.8 Å². The van der Waals surface area contributed by atoms with Gasteiger partial charge in [0.1, 0.15) is 0 Å². The minimum atomic E-state index is 0.0118. The van der Waals surface area contributed by atoms with E-state index in [1.807, 2.05) is 30.5 Å². The standard InChI is InChI=1S/C18H27N3/c1-2-3-4-5-6-7-8-11-15(19)18-14-20-16-12-9-10-13-17(16)21-18/h9-10,12-15H,2-8,11,19H2,1H3. The van der Waals surface area contributed by atoms with Crippen LogP contribution >= 0.6 is 0 Å². The Bertz CT molecular complexity index is 539. The first-order valence-electron chi connectivity index (χ1n) is 8.28. The first-order chi connectivity index (χ1) is 10.3. The predicted molar refractivity (Wildman–Crippen MR) is 89.1 cm³/mol. The van der Waals surface area contributed by atoms with Crippen LogP contribution in [0.15, 0.2) is 30.5 Å². The van der Waals surface area contributed by atoms with Crippen molar-refractivity contribution >= 4 is 11.0 Å². The van der Waals surface area contributed by atoms with Crippen LogP contribution in [0, 0.1) is 0 Å². The Morgan fingerprint density at radius 1 is 0.952 bits per heavy atom. The van der Waals surface area contributed by atoms with Crippen LogP contribution in [-0.2, 0) is 0 Å². The molecule has 0 saturated carbocycles. The molecular formula is C18H27N3. The lowest BCUT2D eigenvalue weighted by atomic mass is 10.0. The Kier molecular flexibility index (Phi) is 6.61. The molecule has 1 aromatic carbocycles. The number of hydrogen-bond acceptors (Lipinski definition) is 3. The second-order valence-corrected chi connectivity index (χ2v) is 5.80. The third kappa shape index (κ3) is 5.09. The molecule has 0 aliphatic carbocycles. The summed E-state index contributed by atoms with van der Waals surface area (Å²) >= 11 is 0. The van der Waals surface area contributed by atoms with E-state index in [1.54, 1.807) is 0 Å². The number of rotatable bonds is 9. The molecule has 1 unspecified atom stereocenters. The van der Waals surface area contributed by atoms with Crippen molar-refractivity contribution in [3.05, 3.63) is 36.2 Å². The van der Waals surface area contributed by atoms with Crippen LogP contribution in [0.25, 0.3) is 11.0 Å². The minimum absolute atomic E-state index is 0.0118. The Morgan fingerprint density at radius 2 is 1.62 bits per heavy atom. The van der Waals surface area contributed by atoms with Crippen LogP contribution in [0.1, 0.15) is 70.0 Å². The van der Waals surface area contributed by atoms with Crippen LogP contribution in [0.3, 0.4) is 0 Å². The molecular weight excluding hydrogens is 258 g/mol. The molecule has 0 amide bonds. The van der Waals surface area contributed by atoms with E-state index < -0.39 is 0 Å². The Morgan fingerprint density at radius 3 is 2.38 bits per heavy atom. The van der Waals surface area contributed by atoms with E-state index >= 15 is 0 Å². The van der Waals surface area contributed by atoms with Crippen molar-refractivity contribution in [1.29, 1.82) is 0 Å². The van der Waals surface area contributed by atoms with Crippen molar-refractivity contribution in [1.82, 2.24) is 9.97 Å².